The van der Waals surface area contributed by atoms with E-state index < -0.39 is 0 Å². The molecule has 228 valence electrons. The predicted molar refractivity (Wildman–Crippen MR) is 159 cm³/mol. The van der Waals surface area contributed by atoms with Crippen LogP contribution in [0.15, 0.2) is 11.8 Å². The second-order valence-corrected chi connectivity index (χ2v) is 14.4. The van der Waals surface area contributed by atoms with Gasteiger partial charge in [0.15, 0.2) is 5.78 Å². The smallest absolute Gasteiger partial charge is 0.256 e. The van der Waals surface area contributed by atoms with Crippen molar-refractivity contribution >= 4 is 11.7 Å². The van der Waals surface area contributed by atoms with Crippen molar-refractivity contribution in [2.24, 2.45) is 17.8 Å². The van der Waals surface area contributed by atoms with Crippen LogP contribution in [0.4, 0.5) is 0 Å². The molecule has 3 saturated heterocycles. The molecule has 3 saturated carbocycles. The van der Waals surface area contributed by atoms with Gasteiger partial charge in [-0.25, -0.2) is 0 Å². The third kappa shape index (κ3) is 5.63. The Labute approximate surface area is 247 Å². The minimum absolute atomic E-state index is 0.0106. The van der Waals surface area contributed by atoms with E-state index in [-0.39, 0.29) is 47.9 Å². The molecular formula is C33H53N5O3. The zero-order valence-electron chi connectivity index (χ0n) is 25.3. The normalized spacial score (nSPS) is 41.0. The van der Waals surface area contributed by atoms with E-state index in [2.05, 4.69) is 32.4 Å². The Kier molecular flexibility index (Phi) is 8.46. The molecule has 9 atom stereocenters. The van der Waals surface area contributed by atoms with E-state index in [9.17, 15) is 9.59 Å². The highest BCUT2D eigenvalue weighted by Gasteiger charge is 2.57. The lowest BCUT2D eigenvalue weighted by molar-refractivity contribution is -0.200. The van der Waals surface area contributed by atoms with E-state index in [4.69, 9.17) is 4.74 Å². The first-order valence-corrected chi connectivity index (χ1v) is 17.2. The van der Waals surface area contributed by atoms with Gasteiger partial charge in [-0.05, 0) is 96.3 Å². The van der Waals surface area contributed by atoms with Crippen LogP contribution in [0.1, 0.15) is 83.5 Å². The van der Waals surface area contributed by atoms with Gasteiger partial charge in [-0.2, -0.15) is 0 Å². The van der Waals surface area contributed by atoms with Crippen LogP contribution in [-0.4, -0.2) is 109 Å². The topological polar surface area (TPSA) is 77.2 Å². The number of amides is 1. The summed E-state index contributed by atoms with van der Waals surface area (Å²) in [5.74, 6) is 1.28. The number of likely N-dealkylation sites (tertiary alicyclic amines) is 2. The van der Waals surface area contributed by atoms with Crippen molar-refractivity contribution < 1.29 is 14.3 Å². The van der Waals surface area contributed by atoms with Crippen LogP contribution in [0.2, 0.25) is 0 Å². The predicted octanol–water partition coefficient (Wildman–Crippen LogP) is 2.92. The van der Waals surface area contributed by atoms with Crippen LogP contribution in [0.5, 0.6) is 0 Å². The fourth-order valence-electron chi connectivity index (χ4n) is 9.89. The highest BCUT2D eigenvalue weighted by atomic mass is 16.5. The van der Waals surface area contributed by atoms with E-state index in [1.54, 1.807) is 0 Å². The molecule has 1 amide bonds. The van der Waals surface area contributed by atoms with Gasteiger partial charge in [0, 0.05) is 43.8 Å². The number of hydrogen-bond acceptors (Lipinski definition) is 7. The van der Waals surface area contributed by atoms with Crippen LogP contribution < -0.4 is 10.6 Å². The maximum atomic E-state index is 13.9. The van der Waals surface area contributed by atoms with Crippen molar-refractivity contribution in [1.29, 1.82) is 0 Å². The fourth-order valence-corrected chi connectivity index (χ4v) is 9.89. The van der Waals surface area contributed by atoms with Crippen molar-refractivity contribution in [3.8, 4) is 0 Å². The van der Waals surface area contributed by atoms with Gasteiger partial charge in [0.05, 0.1) is 29.9 Å². The Morgan fingerprint density at radius 1 is 0.951 bits per heavy atom. The molecule has 0 aromatic rings. The van der Waals surface area contributed by atoms with E-state index in [0.29, 0.717) is 18.2 Å². The van der Waals surface area contributed by atoms with Gasteiger partial charge in [-0.3, -0.25) is 9.59 Å². The monoisotopic (exact) mass is 567 g/mol. The maximum absolute atomic E-state index is 13.9. The van der Waals surface area contributed by atoms with Gasteiger partial charge < -0.3 is 30.1 Å². The average Bonchev–Trinajstić information content (AvgIpc) is 3.65. The molecule has 7 aliphatic rings. The Morgan fingerprint density at radius 2 is 1.76 bits per heavy atom. The van der Waals surface area contributed by atoms with E-state index in [1.807, 2.05) is 6.20 Å². The molecule has 0 aromatic heterocycles. The highest BCUT2D eigenvalue weighted by molar-refractivity contribution is 6.20. The number of rotatable bonds is 8. The van der Waals surface area contributed by atoms with Crippen molar-refractivity contribution in [1.82, 2.24) is 25.3 Å². The Bertz CT molecular complexity index is 997. The van der Waals surface area contributed by atoms with Gasteiger partial charge >= 0.3 is 0 Å². The third-order valence-electron chi connectivity index (χ3n) is 12.2. The molecule has 7 rings (SSSR count). The number of ketones is 1. The number of fused-ring (bicyclic) bond motifs is 3. The molecule has 8 nitrogen and oxygen atoms in total. The molecule has 4 aliphatic heterocycles. The van der Waals surface area contributed by atoms with Crippen LogP contribution in [0, 0.1) is 17.8 Å². The van der Waals surface area contributed by atoms with Crippen LogP contribution in [0.25, 0.3) is 0 Å². The van der Waals surface area contributed by atoms with Gasteiger partial charge in [0.1, 0.15) is 0 Å². The SMILES string of the molecule is CN1CCCC1CCNC(=O)C1=CN2C3CC4CCCCC4CC3OC3C(NCCN4CCCC4)CCC(C1=O)C32. The molecule has 6 fully saturated rings. The van der Waals surface area contributed by atoms with Crippen molar-refractivity contribution in [3.05, 3.63) is 11.8 Å². The molecule has 0 radical (unpaired) electrons. The average molecular weight is 568 g/mol. The standard InChI is InChI=1S/C33H53N5O3/c1-36-15-6-9-24(36)12-13-35-33(40)26-21-38-28-19-22-7-2-3-8-23(22)20-29(28)41-32-27(11-10-25(30(32)38)31(26)39)34-14-18-37-16-4-5-17-37/h21-25,27-30,32,34H,2-20H2,1H3,(H,35,40). The second-order valence-electron chi connectivity index (χ2n) is 14.4. The summed E-state index contributed by atoms with van der Waals surface area (Å²) in [6.45, 7) is 6.29. The minimum atomic E-state index is -0.161. The molecule has 41 heavy (non-hydrogen) atoms. The molecule has 0 aromatic carbocycles. The number of carbonyl (C=O) groups excluding carboxylic acids is 2. The second kappa shape index (κ2) is 12.3. The zero-order chi connectivity index (χ0) is 27.9. The quantitative estimate of drug-likeness (QED) is 0.437. The van der Waals surface area contributed by atoms with Gasteiger partial charge in [0.25, 0.3) is 5.91 Å². The number of hydrogen-bond donors (Lipinski definition) is 2. The molecule has 8 heteroatoms. The number of nitrogens with zero attached hydrogens (tertiary/aromatic N) is 3. The Balaban J connectivity index is 1.09. The van der Waals surface area contributed by atoms with Gasteiger partial charge in [-0.15, -0.1) is 0 Å². The van der Waals surface area contributed by atoms with E-state index in [0.717, 1.165) is 63.6 Å². The lowest BCUT2D eigenvalue weighted by Gasteiger charge is -2.60. The summed E-state index contributed by atoms with van der Waals surface area (Å²) in [5.41, 5.74) is 0.400. The van der Waals surface area contributed by atoms with Crippen LogP contribution in [0.3, 0.4) is 0 Å². The summed E-state index contributed by atoms with van der Waals surface area (Å²) in [4.78, 5) is 34.9. The molecular weight excluding hydrogens is 514 g/mol. The largest absolute Gasteiger partial charge is 0.369 e. The van der Waals surface area contributed by atoms with E-state index >= 15 is 0 Å². The van der Waals surface area contributed by atoms with Crippen LogP contribution >= 0.6 is 0 Å². The highest BCUT2D eigenvalue weighted by Crippen LogP contribution is 2.49. The van der Waals surface area contributed by atoms with Crippen molar-refractivity contribution in [2.45, 2.75) is 120 Å². The number of morpholine rings is 1. The molecule has 9 unspecified atom stereocenters. The maximum Gasteiger partial charge on any atom is 0.256 e. The van der Waals surface area contributed by atoms with Crippen LogP contribution in [-0.2, 0) is 14.3 Å². The molecule has 2 N–H and O–H groups in total. The molecule has 4 heterocycles. The van der Waals surface area contributed by atoms with Crippen molar-refractivity contribution in [3.63, 3.8) is 0 Å². The number of Topliss-reactive ketones (excluding diaryl/α,β-unsaturated/α-hetero) is 1. The molecule has 0 bridgehead atoms. The first kappa shape index (κ1) is 28.3. The summed E-state index contributed by atoms with van der Waals surface area (Å²) in [5, 5.41) is 7.04. The summed E-state index contributed by atoms with van der Waals surface area (Å²) in [6, 6.07) is 1.14. The molecule has 0 spiro atoms. The number of nitrogens with one attached hydrogen (secondary N) is 2. The number of ether oxygens (including phenoxy) is 1. The summed E-state index contributed by atoms with van der Waals surface area (Å²) in [6.07, 6.45) is 17.7. The lowest BCUT2D eigenvalue weighted by atomic mass is 9.65. The summed E-state index contributed by atoms with van der Waals surface area (Å²) in [7, 11) is 2.18. The lowest BCUT2D eigenvalue weighted by Crippen LogP contribution is -2.71. The minimum Gasteiger partial charge on any atom is -0.369 e. The van der Waals surface area contributed by atoms with Gasteiger partial charge in [-0.1, -0.05) is 25.7 Å². The number of carbonyl (C=O) groups is 2. The zero-order valence-corrected chi connectivity index (χ0v) is 25.3. The van der Waals surface area contributed by atoms with Gasteiger partial charge in [0.2, 0.25) is 0 Å². The van der Waals surface area contributed by atoms with Crippen molar-refractivity contribution in [2.75, 3.05) is 46.3 Å². The van der Waals surface area contributed by atoms with E-state index in [1.165, 1.54) is 64.5 Å². The first-order valence-electron chi connectivity index (χ1n) is 17.2. The third-order valence-corrected chi connectivity index (χ3v) is 12.2. The first-order chi connectivity index (χ1) is 20.1. The summed E-state index contributed by atoms with van der Waals surface area (Å²) >= 11 is 0. The fraction of sp³-hybridized carbons (Fsp3) is 0.879. The summed E-state index contributed by atoms with van der Waals surface area (Å²) < 4.78 is 7.09. The molecule has 3 aliphatic carbocycles. The Morgan fingerprint density at radius 3 is 2.54 bits per heavy atom. The Hall–Kier alpha value is -1.48.